The number of carbonyl (C=O) groups is 2. The summed E-state index contributed by atoms with van der Waals surface area (Å²) in [5.74, 6) is 0.0719. The molecule has 2 aromatic carbocycles. The van der Waals surface area contributed by atoms with E-state index in [9.17, 15) is 9.59 Å². The van der Waals surface area contributed by atoms with Crippen LogP contribution in [-0.2, 0) is 16.1 Å². The Balaban J connectivity index is 1.46. The average molecular weight is 397 g/mol. The van der Waals surface area contributed by atoms with Crippen LogP contribution in [0.2, 0.25) is 0 Å². The van der Waals surface area contributed by atoms with E-state index in [4.69, 9.17) is 0 Å². The van der Waals surface area contributed by atoms with Crippen molar-refractivity contribution in [2.45, 2.75) is 19.9 Å². The Morgan fingerprint density at radius 3 is 2.48 bits per heavy atom. The Morgan fingerprint density at radius 1 is 1.00 bits per heavy atom. The van der Waals surface area contributed by atoms with Crippen LogP contribution >= 0.6 is 0 Å². The summed E-state index contributed by atoms with van der Waals surface area (Å²) in [5, 5.41) is 5.42. The minimum Gasteiger partial charge on any atom is -0.355 e. The van der Waals surface area contributed by atoms with E-state index < -0.39 is 0 Å². The first-order valence-electron chi connectivity index (χ1n) is 10.5. The van der Waals surface area contributed by atoms with Gasteiger partial charge in [-0.1, -0.05) is 49.4 Å². The van der Waals surface area contributed by atoms with Crippen molar-refractivity contribution in [1.29, 1.82) is 0 Å². The standard InChI is InChI=1S/C23H32N4O2/c1-3-11-24-22(28)17-25(2)18-23(29)27-14-12-26(13-15-27)16-20-9-6-8-19-7-4-5-10-21(19)20/h4-10H,3,11-18H2,1-2H3,(H,24,28). The lowest BCUT2D eigenvalue weighted by Gasteiger charge is -2.35. The molecule has 2 amide bonds. The van der Waals surface area contributed by atoms with E-state index in [0.29, 0.717) is 6.54 Å². The summed E-state index contributed by atoms with van der Waals surface area (Å²) in [6.07, 6.45) is 0.914. The average Bonchev–Trinajstić information content (AvgIpc) is 2.73. The highest BCUT2D eigenvalue weighted by Gasteiger charge is 2.22. The lowest BCUT2D eigenvalue weighted by atomic mass is 10.0. The Bertz CT molecular complexity index is 825. The Labute approximate surface area is 173 Å². The van der Waals surface area contributed by atoms with Crippen molar-refractivity contribution < 1.29 is 9.59 Å². The van der Waals surface area contributed by atoms with Gasteiger partial charge in [0.15, 0.2) is 0 Å². The van der Waals surface area contributed by atoms with E-state index >= 15 is 0 Å². The second kappa shape index (κ2) is 10.4. The quantitative estimate of drug-likeness (QED) is 0.741. The number of carbonyl (C=O) groups excluding carboxylic acids is 2. The number of nitrogens with zero attached hydrogens (tertiary/aromatic N) is 3. The molecule has 6 nitrogen and oxygen atoms in total. The summed E-state index contributed by atoms with van der Waals surface area (Å²) in [7, 11) is 1.82. The number of rotatable bonds is 8. The molecule has 1 aliphatic heterocycles. The van der Waals surface area contributed by atoms with Gasteiger partial charge in [-0.3, -0.25) is 19.4 Å². The largest absolute Gasteiger partial charge is 0.355 e. The normalized spacial score (nSPS) is 15.1. The lowest BCUT2D eigenvalue weighted by molar-refractivity contribution is -0.134. The molecule has 2 aromatic rings. The van der Waals surface area contributed by atoms with Gasteiger partial charge in [-0.2, -0.15) is 0 Å². The second-order valence-corrected chi connectivity index (χ2v) is 7.82. The van der Waals surface area contributed by atoms with Gasteiger partial charge in [-0.05, 0) is 29.8 Å². The maximum absolute atomic E-state index is 12.6. The number of hydrogen-bond acceptors (Lipinski definition) is 4. The zero-order valence-corrected chi connectivity index (χ0v) is 17.6. The van der Waals surface area contributed by atoms with Crippen molar-refractivity contribution in [3.8, 4) is 0 Å². The number of amides is 2. The molecule has 1 heterocycles. The molecule has 156 valence electrons. The third-order valence-corrected chi connectivity index (χ3v) is 5.39. The van der Waals surface area contributed by atoms with E-state index in [1.807, 2.05) is 18.9 Å². The molecule has 6 heteroatoms. The Morgan fingerprint density at radius 2 is 1.72 bits per heavy atom. The van der Waals surface area contributed by atoms with Crippen molar-refractivity contribution in [3.05, 3.63) is 48.0 Å². The summed E-state index contributed by atoms with van der Waals surface area (Å²) in [4.78, 5) is 30.5. The topological polar surface area (TPSA) is 55.9 Å². The summed E-state index contributed by atoms with van der Waals surface area (Å²) < 4.78 is 0. The van der Waals surface area contributed by atoms with Crippen LogP contribution in [0.3, 0.4) is 0 Å². The van der Waals surface area contributed by atoms with Crippen molar-refractivity contribution >= 4 is 22.6 Å². The van der Waals surface area contributed by atoms with E-state index in [1.54, 1.807) is 4.90 Å². The molecule has 0 spiro atoms. The van der Waals surface area contributed by atoms with Crippen LogP contribution in [0.4, 0.5) is 0 Å². The molecular weight excluding hydrogens is 364 g/mol. The molecule has 1 aliphatic rings. The van der Waals surface area contributed by atoms with Gasteiger partial charge in [0.1, 0.15) is 0 Å². The van der Waals surface area contributed by atoms with E-state index in [1.165, 1.54) is 16.3 Å². The predicted octanol–water partition coefficient (Wildman–Crippen LogP) is 1.94. The molecule has 1 fully saturated rings. The van der Waals surface area contributed by atoms with Crippen LogP contribution in [0.15, 0.2) is 42.5 Å². The fourth-order valence-electron chi connectivity index (χ4n) is 3.78. The van der Waals surface area contributed by atoms with Gasteiger partial charge < -0.3 is 10.2 Å². The van der Waals surface area contributed by atoms with Crippen LogP contribution < -0.4 is 5.32 Å². The van der Waals surface area contributed by atoms with E-state index in [2.05, 4.69) is 52.7 Å². The van der Waals surface area contributed by atoms with Crippen LogP contribution in [0, 0.1) is 0 Å². The van der Waals surface area contributed by atoms with Crippen molar-refractivity contribution in [3.63, 3.8) is 0 Å². The third kappa shape index (κ3) is 6.02. The molecular formula is C23H32N4O2. The number of piperazine rings is 1. The maximum atomic E-state index is 12.6. The van der Waals surface area contributed by atoms with Gasteiger partial charge in [0.2, 0.25) is 11.8 Å². The number of likely N-dealkylation sites (N-methyl/N-ethyl adjacent to an activating group) is 1. The van der Waals surface area contributed by atoms with Gasteiger partial charge in [-0.25, -0.2) is 0 Å². The monoisotopic (exact) mass is 396 g/mol. The molecule has 0 radical (unpaired) electrons. The van der Waals surface area contributed by atoms with Crippen molar-refractivity contribution in [1.82, 2.24) is 20.0 Å². The highest BCUT2D eigenvalue weighted by atomic mass is 16.2. The summed E-state index contributed by atoms with van der Waals surface area (Å²) in [6.45, 7) is 7.35. The molecule has 0 bridgehead atoms. The highest BCUT2D eigenvalue weighted by molar-refractivity contribution is 5.85. The predicted molar refractivity (Wildman–Crippen MR) is 117 cm³/mol. The first-order valence-corrected chi connectivity index (χ1v) is 10.5. The molecule has 29 heavy (non-hydrogen) atoms. The fourth-order valence-corrected chi connectivity index (χ4v) is 3.78. The van der Waals surface area contributed by atoms with E-state index in [-0.39, 0.29) is 24.9 Å². The zero-order valence-electron chi connectivity index (χ0n) is 17.6. The molecule has 0 aliphatic carbocycles. The van der Waals surface area contributed by atoms with Crippen LogP contribution in [0.5, 0.6) is 0 Å². The SMILES string of the molecule is CCCNC(=O)CN(C)CC(=O)N1CCN(Cc2cccc3ccccc23)CC1. The zero-order chi connectivity index (χ0) is 20.6. The molecule has 0 aromatic heterocycles. The van der Waals surface area contributed by atoms with Gasteiger partial charge in [0.25, 0.3) is 0 Å². The molecule has 0 atom stereocenters. The van der Waals surface area contributed by atoms with Gasteiger partial charge in [-0.15, -0.1) is 0 Å². The molecule has 3 rings (SSSR count). The van der Waals surface area contributed by atoms with Crippen LogP contribution in [-0.4, -0.2) is 79.4 Å². The second-order valence-electron chi connectivity index (χ2n) is 7.82. The number of nitrogens with one attached hydrogen (secondary N) is 1. The summed E-state index contributed by atoms with van der Waals surface area (Å²) >= 11 is 0. The number of hydrogen-bond donors (Lipinski definition) is 1. The highest BCUT2D eigenvalue weighted by Crippen LogP contribution is 2.20. The number of fused-ring (bicyclic) bond motifs is 1. The summed E-state index contributed by atoms with van der Waals surface area (Å²) in [6, 6.07) is 14.9. The Kier molecular flexibility index (Phi) is 7.61. The van der Waals surface area contributed by atoms with Crippen molar-refractivity contribution in [2.24, 2.45) is 0 Å². The number of benzene rings is 2. The van der Waals surface area contributed by atoms with Gasteiger partial charge in [0.05, 0.1) is 13.1 Å². The van der Waals surface area contributed by atoms with Gasteiger partial charge in [0, 0.05) is 39.3 Å². The molecule has 1 saturated heterocycles. The fraction of sp³-hybridized carbons (Fsp3) is 0.478. The van der Waals surface area contributed by atoms with E-state index in [0.717, 1.165) is 39.1 Å². The lowest BCUT2D eigenvalue weighted by Crippen LogP contribution is -2.51. The minimum absolute atomic E-state index is 0.0259. The summed E-state index contributed by atoms with van der Waals surface area (Å²) in [5.41, 5.74) is 1.33. The molecule has 0 saturated carbocycles. The van der Waals surface area contributed by atoms with Crippen LogP contribution in [0.25, 0.3) is 10.8 Å². The molecule has 1 N–H and O–H groups in total. The maximum Gasteiger partial charge on any atom is 0.236 e. The van der Waals surface area contributed by atoms with Gasteiger partial charge >= 0.3 is 0 Å². The smallest absolute Gasteiger partial charge is 0.236 e. The third-order valence-electron chi connectivity index (χ3n) is 5.39. The van der Waals surface area contributed by atoms with Crippen LogP contribution in [0.1, 0.15) is 18.9 Å². The minimum atomic E-state index is -0.0259. The first kappa shape index (κ1) is 21.3. The molecule has 0 unspecified atom stereocenters. The van der Waals surface area contributed by atoms with Crippen molar-refractivity contribution in [2.75, 3.05) is 52.9 Å². The Hall–Kier alpha value is -2.44. The first-order chi connectivity index (χ1) is 14.1.